The van der Waals surface area contributed by atoms with E-state index in [4.69, 9.17) is 0 Å². The minimum atomic E-state index is -3.73. The number of aromatic nitrogens is 1. The number of β-amino-alcohol motifs (C(OH)–C–C–N with tert-alkyl or cyclic N) is 1. The molecule has 7 nitrogen and oxygen atoms in total. The summed E-state index contributed by atoms with van der Waals surface area (Å²) in [6.45, 7) is 4.52. The van der Waals surface area contributed by atoms with E-state index in [1.165, 1.54) is 0 Å². The first kappa shape index (κ1) is 22.7. The molecule has 0 radical (unpaired) electrons. The van der Waals surface area contributed by atoms with Crippen molar-refractivity contribution in [3.63, 3.8) is 0 Å². The Morgan fingerprint density at radius 2 is 1.58 bits per heavy atom. The molecule has 3 rings (SSSR count). The topological polar surface area (TPSA) is 103 Å². The molecule has 0 bridgehead atoms. The third kappa shape index (κ3) is 7.36. The molecule has 0 saturated carbocycles. The number of hydrogen-bond donors (Lipinski definition) is 4. The maximum Gasteiger partial charge on any atom is 0.321 e. The summed E-state index contributed by atoms with van der Waals surface area (Å²) in [5, 5.41) is 13.7. The van der Waals surface area contributed by atoms with Gasteiger partial charge in [-0.15, -0.1) is 0 Å². The third-order valence-electron chi connectivity index (χ3n) is 4.72. The molecule has 164 valence electrons. The molecule has 0 saturated heterocycles. The number of aliphatic hydroxyl groups excluding tert-OH is 1. The van der Waals surface area contributed by atoms with Gasteiger partial charge in [0.2, 0.25) is 0 Å². The highest BCUT2D eigenvalue weighted by molar-refractivity contribution is 7.94. The van der Waals surface area contributed by atoms with Crippen molar-refractivity contribution in [1.29, 1.82) is 0 Å². The quantitative estimate of drug-likeness (QED) is 0.386. The van der Waals surface area contributed by atoms with Gasteiger partial charge in [-0.05, 0) is 56.2 Å². The van der Waals surface area contributed by atoms with Crippen LogP contribution in [0.5, 0.6) is 0 Å². The molecule has 0 aliphatic rings. The molecule has 1 unspecified atom stereocenters. The lowest BCUT2D eigenvalue weighted by molar-refractivity contribution is 0.160. The van der Waals surface area contributed by atoms with Crippen LogP contribution in [-0.4, -0.2) is 30.6 Å². The predicted molar refractivity (Wildman–Crippen MR) is 124 cm³/mol. The molecule has 2 aromatic carbocycles. The van der Waals surface area contributed by atoms with E-state index in [1.807, 2.05) is 24.3 Å². The summed E-state index contributed by atoms with van der Waals surface area (Å²) >= 11 is 0. The Hall–Kier alpha value is -2.94. The number of rotatable bonds is 10. The average molecular weight is 441 g/mol. The van der Waals surface area contributed by atoms with Gasteiger partial charge in [0.25, 0.3) is 0 Å². The predicted octanol–water partition coefficient (Wildman–Crippen LogP) is 3.49. The summed E-state index contributed by atoms with van der Waals surface area (Å²) in [5.41, 5.74) is 2.52. The van der Waals surface area contributed by atoms with Crippen LogP contribution in [0.2, 0.25) is 0 Å². The van der Waals surface area contributed by atoms with E-state index in [9.17, 15) is 13.5 Å². The van der Waals surface area contributed by atoms with Crippen LogP contribution in [0.3, 0.4) is 0 Å². The summed E-state index contributed by atoms with van der Waals surface area (Å²) in [7, 11) is -3.73. The van der Waals surface area contributed by atoms with E-state index in [2.05, 4.69) is 33.6 Å². The number of benzene rings is 2. The minimum Gasteiger partial charge on any atom is -0.387 e. The van der Waals surface area contributed by atoms with Gasteiger partial charge in [-0.25, -0.2) is 0 Å². The minimum absolute atomic E-state index is 0.265. The van der Waals surface area contributed by atoms with E-state index in [-0.39, 0.29) is 5.54 Å². The maximum atomic E-state index is 12.3. The standard InChI is InChI=1S/C23H28N4O3S/c1-23(2,25-17-22(28)19-7-6-14-24-16-19)15-18-10-12-21(13-11-18)27-31(29,30)26-20-8-4-3-5-9-20/h3-14,16,22,25-28H,15,17H2,1-2H3. The SMILES string of the molecule is CC(C)(Cc1ccc(NS(=O)(=O)Nc2ccccc2)cc1)NCC(O)c1cccnc1. The number of aliphatic hydroxyl groups is 1. The molecule has 1 aromatic heterocycles. The Bertz CT molecular complexity index is 1060. The van der Waals surface area contributed by atoms with Crippen molar-refractivity contribution < 1.29 is 13.5 Å². The highest BCUT2D eigenvalue weighted by Crippen LogP contribution is 2.19. The molecular weight excluding hydrogens is 412 g/mol. The highest BCUT2D eigenvalue weighted by Gasteiger charge is 2.20. The summed E-state index contributed by atoms with van der Waals surface area (Å²) < 4.78 is 29.6. The third-order valence-corrected chi connectivity index (χ3v) is 5.73. The largest absolute Gasteiger partial charge is 0.387 e. The molecule has 0 aliphatic heterocycles. The number of nitrogens with zero attached hydrogens (tertiary/aromatic N) is 1. The van der Waals surface area contributed by atoms with Crippen LogP contribution in [0, 0.1) is 0 Å². The molecule has 0 fully saturated rings. The number of para-hydroxylation sites is 1. The van der Waals surface area contributed by atoms with Crippen LogP contribution in [0.15, 0.2) is 79.1 Å². The summed E-state index contributed by atoms with van der Waals surface area (Å²) in [4.78, 5) is 4.03. The smallest absolute Gasteiger partial charge is 0.321 e. The molecule has 1 atom stereocenters. The maximum absolute atomic E-state index is 12.3. The number of anilines is 2. The normalized spacial score (nSPS) is 12.9. The van der Waals surface area contributed by atoms with Crippen LogP contribution < -0.4 is 14.8 Å². The molecule has 4 N–H and O–H groups in total. The van der Waals surface area contributed by atoms with Crippen molar-refractivity contribution >= 4 is 21.6 Å². The first-order valence-electron chi connectivity index (χ1n) is 10.00. The summed E-state index contributed by atoms with van der Waals surface area (Å²) in [6.07, 6.45) is 3.41. The monoisotopic (exact) mass is 440 g/mol. The fraction of sp³-hybridized carbons (Fsp3) is 0.261. The molecular formula is C23H28N4O3S. The fourth-order valence-corrected chi connectivity index (χ4v) is 4.11. The second kappa shape index (κ2) is 9.91. The second-order valence-corrected chi connectivity index (χ2v) is 9.43. The molecule has 0 aliphatic carbocycles. The van der Waals surface area contributed by atoms with Crippen LogP contribution in [0.25, 0.3) is 0 Å². The van der Waals surface area contributed by atoms with Crippen molar-refractivity contribution in [1.82, 2.24) is 10.3 Å². The number of hydrogen-bond acceptors (Lipinski definition) is 5. The molecule has 1 heterocycles. The Balaban J connectivity index is 1.54. The van der Waals surface area contributed by atoms with Gasteiger partial charge in [0.15, 0.2) is 0 Å². The average Bonchev–Trinajstić information content (AvgIpc) is 2.74. The first-order valence-corrected chi connectivity index (χ1v) is 11.5. The molecule has 8 heteroatoms. The summed E-state index contributed by atoms with van der Waals surface area (Å²) in [5.74, 6) is 0. The fourth-order valence-electron chi connectivity index (χ4n) is 3.17. The van der Waals surface area contributed by atoms with Gasteiger partial charge in [-0.3, -0.25) is 14.4 Å². The lowest BCUT2D eigenvalue weighted by Crippen LogP contribution is -2.43. The van der Waals surface area contributed by atoms with Gasteiger partial charge in [0.05, 0.1) is 17.5 Å². The van der Waals surface area contributed by atoms with Crippen molar-refractivity contribution in [3.05, 3.63) is 90.3 Å². The van der Waals surface area contributed by atoms with E-state index in [0.29, 0.717) is 24.3 Å². The van der Waals surface area contributed by atoms with Gasteiger partial charge < -0.3 is 10.4 Å². The summed E-state index contributed by atoms with van der Waals surface area (Å²) in [6, 6.07) is 19.6. The van der Waals surface area contributed by atoms with E-state index in [0.717, 1.165) is 11.1 Å². The van der Waals surface area contributed by atoms with Gasteiger partial charge >= 0.3 is 10.2 Å². The second-order valence-electron chi connectivity index (χ2n) is 8.01. The zero-order valence-electron chi connectivity index (χ0n) is 17.6. The van der Waals surface area contributed by atoms with Crippen molar-refractivity contribution in [2.75, 3.05) is 16.0 Å². The Kier molecular flexibility index (Phi) is 7.27. The van der Waals surface area contributed by atoms with Gasteiger partial charge in [-0.2, -0.15) is 8.42 Å². The first-order chi connectivity index (χ1) is 14.7. The van der Waals surface area contributed by atoms with Crippen molar-refractivity contribution in [2.24, 2.45) is 0 Å². The molecule has 0 amide bonds. The highest BCUT2D eigenvalue weighted by atomic mass is 32.2. The lowest BCUT2D eigenvalue weighted by Gasteiger charge is -2.28. The zero-order chi connectivity index (χ0) is 22.3. The Morgan fingerprint density at radius 1 is 0.935 bits per heavy atom. The van der Waals surface area contributed by atoms with Crippen LogP contribution in [0.4, 0.5) is 11.4 Å². The molecule has 31 heavy (non-hydrogen) atoms. The van der Waals surface area contributed by atoms with E-state index >= 15 is 0 Å². The molecule has 0 spiro atoms. The van der Waals surface area contributed by atoms with Crippen LogP contribution in [-0.2, 0) is 16.6 Å². The van der Waals surface area contributed by atoms with Gasteiger partial charge in [-0.1, -0.05) is 36.4 Å². The van der Waals surface area contributed by atoms with Crippen LogP contribution >= 0.6 is 0 Å². The van der Waals surface area contributed by atoms with Crippen molar-refractivity contribution in [2.45, 2.75) is 31.9 Å². The lowest BCUT2D eigenvalue weighted by atomic mass is 9.94. The molecule has 3 aromatic rings. The zero-order valence-corrected chi connectivity index (χ0v) is 18.4. The number of nitrogens with one attached hydrogen (secondary N) is 3. The van der Waals surface area contributed by atoms with E-state index < -0.39 is 16.3 Å². The van der Waals surface area contributed by atoms with Gasteiger partial charge in [0.1, 0.15) is 0 Å². The van der Waals surface area contributed by atoms with Gasteiger partial charge in [0, 0.05) is 30.0 Å². The Labute approximate surface area is 183 Å². The Morgan fingerprint density at radius 3 is 2.19 bits per heavy atom. The van der Waals surface area contributed by atoms with Crippen LogP contribution in [0.1, 0.15) is 31.1 Å². The van der Waals surface area contributed by atoms with Crippen molar-refractivity contribution in [3.8, 4) is 0 Å². The van der Waals surface area contributed by atoms with E-state index in [1.54, 1.807) is 54.9 Å². The number of pyridine rings is 1.